The minimum Gasteiger partial charge on any atom is -0.473 e. The van der Waals surface area contributed by atoms with E-state index in [1.807, 2.05) is 24.3 Å². The van der Waals surface area contributed by atoms with Gasteiger partial charge in [0.05, 0.1) is 35.5 Å². The average Bonchev–Trinajstić information content (AvgIpc) is 3.39. The number of allylic oxidation sites excluding steroid dienone is 2. The van der Waals surface area contributed by atoms with E-state index in [2.05, 4.69) is 27.0 Å². The molecule has 8 nitrogen and oxygen atoms in total. The van der Waals surface area contributed by atoms with Crippen LogP contribution >= 0.6 is 0 Å². The molecule has 3 heterocycles. The van der Waals surface area contributed by atoms with E-state index in [9.17, 15) is 13.2 Å². The highest BCUT2D eigenvalue weighted by molar-refractivity contribution is 5.94. The van der Waals surface area contributed by atoms with Crippen LogP contribution in [0.4, 0.5) is 13.2 Å². The lowest BCUT2D eigenvalue weighted by Gasteiger charge is -2.20. The molecule has 0 saturated carbocycles. The second-order valence-electron chi connectivity index (χ2n) is 7.11. The van der Waals surface area contributed by atoms with E-state index < -0.39 is 18.0 Å². The van der Waals surface area contributed by atoms with E-state index in [1.165, 1.54) is 6.08 Å². The van der Waals surface area contributed by atoms with Crippen molar-refractivity contribution < 1.29 is 22.6 Å². The molecule has 32 heavy (non-hydrogen) atoms. The summed E-state index contributed by atoms with van der Waals surface area (Å²) in [5, 5.41) is 19.9. The number of hydrogen-bond acceptors (Lipinski definition) is 7. The highest BCUT2D eigenvalue weighted by Crippen LogP contribution is 2.28. The number of alkyl halides is 3. The molecule has 0 radical (unpaired) electrons. The smallest absolute Gasteiger partial charge is 0.414 e. The van der Waals surface area contributed by atoms with Crippen molar-refractivity contribution in [2.24, 2.45) is 12.1 Å². The topological polar surface area (TPSA) is 96.5 Å². The summed E-state index contributed by atoms with van der Waals surface area (Å²) < 4.78 is 51.4. The largest absolute Gasteiger partial charge is 0.473 e. The summed E-state index contributed by atoms with van der Waals surface area (Å²) in [6.07, 6.45) is -0.769. The van der Waals surface area contributed by atoms with Crippen LogP contribution in [0, 0.1) is 11.3 Å². The number of dihydropyridines is 1. The van der Waals surface area contributed by atoms with Gasteiger partial charge in [0.2, 0.25) is 12.1 Å². The van der Waals surface area contributed by atoms with Crippen LogP contribution in [0.2, 0.25) is 0 Å². The Hall–Kier alpha value is -3.94. The van der Waals surface area contributed by atoms with E-state index in [0.29, 0.717) is 23.6 Å². The molecular formula is C21H19F3N6O2. The molecule has 2 N–H and O–H groups in total. The normalized spacial score (nSPS) is 17.8. The first-order valence-electron chi connectivity index (χ1n) is 9.67. The zero-order chi connectivity index (χ0) is 22.7. The van der Waals surface area contributed by atoms with E-state index in [-0.39, 0.29) is 19.0 Å². The van der Waals surface area contributed by atoms with Gasteiger partial charge in [0.25, 0.3) is 0 Å². The number of nitrogens with zero attached hydrogens (tertiary/aromatic N) is 4. The van der Waals surface area contributed by atoms with Crippen LogP contribution in [0.25, 0.3) is 0 Å². The van der Waals surface area contributed by atoms with Crippen molar-refractivity contribution in [3.05, 3.63) is 76.5 Å². The van der Waals surface area contributed by atoms with Gasteiger partial charge < -0.3 is 14.8 Å². The van der Waals surface area contributed by atoms with Gasteiger partial charge in [-0.05, 0) is 29.8 Å². The molecule has 0 amide bonds. The quantitative estimate of drug-likeness (QED) is 0.711. The van der Waals surface area contributed by atoms with Crippen LogP contribution in [-0.4, -0.2) is 28.4 Å². The van der Waals surface area contributed by atoms with Gasteiger partial charge in [-0.1, -0.05) is 12.1 Å². The third-order valence-corrected chi connectivity index (χ3v) is 4.99. The van der Waals surface area contributed by atoms with Crippen molar-refractivity contribution in [1.29, 1.82) is 5.26 Å². The number of halogens is 3. The maximum atomic E-state index is 12.7. The molecule has 2 aliphatic rings. The number of nitrogens with one attached hydrogen (secondary N) is 2. The predicted molar refractivity (Wildman–Crippen MR) is 107 cm³/mol. The molecule has 1 aromatic heterocycles. The zero-order valence-electron chi connectivity index (χ0n) is 17.0. The fraction of sp³-hybridized carbons (Fsp3) is 0.286. The van der Waals surface area contributed by atoms with Crippen molar-refractivity contribution >= 4 is 5.90 Å². The summed E-state index contributed by atoms with van der Waals surface area (Å²) in [7, 11) is 1.73. The minimum absolute atomic E-state index is 0.0690. The number of aryl methyl sites for hydroxylation is 1. The van der Waals surface area contributed by atoms with E-state index in [4.69, 9.17) is 14.7 Å². The zero-order valence-corrected chi connectivity index (χ0v) is 17.0. The predicted octanol–water partition coefficient (Wildman–Crippen LogP) is 2.92. The molecule has 2 aromatic rings. The summed E-state index contributed by atoms with van der Waals surface area (Å²) in [6.45, 7) is -0.287. The standard InChI is InChI=1S/C21H19F3N6O2/c1-30-17(12-31-18-7-6-15(10-26-18)21(22,23)24)16(11-27-30)20-29-28-19(32-20)14-4-2-13(3-5-14)8-9-25/h2-7,11,20,26,29H,8,10,12H2,1H3. The lowest BCUT2D eigenvalue weighted by Crippen LogP contribution is -2.28. The third-order valence-electron chi connectivity index (χ3n) is 4.99. The molecule has 0 spiro atoms. The van der Waals surface area contributed by atoms with E-state index >= 15 is 0 Å². The second kappa shape index (κ2) is 8.66. The number of nitriles is 1. The highest BCUT2D eigenvalue weighted by atomic mass is 19.4. The van der Waals surface area contributed by atoms with Crippen molar-refractivity contribution in [3.8, 4) is 6.07 Å². The third kappa shape index (κ3) is 4.54. The Morgan fingerprint density at radius 2 is 2.06 bits per heavy atom. The van der Waals surface area contributed by atoms with Crippen LogP contribution in [0.3, 0.4) is 0 Å². The molecule has 0 saturated heterocycles. The first-order valence-corrected chi connectivity index (χ1v) is 9.67. The van der Waals surface area contributed by atoms with Crippen LogP contribution in [-0.2, 0) is 29.5 Å². The molecule has 1 atom stereocenters. The molecular weight excluding hydrogens is 425 g/mol. The van der Waals surface area contributed by atoms with E-state index in [0.717, 1.165) is 17.2 Å². The minimum atomic E-state index is -4.37. The molecule has 2 aliphatic heterocycles. The Morgan fingerprint density at radius 3 is 2.72 bits per heavy atom. The van der Waals surface area contributed by atoms with Gasteiger partial charge in [-0.3, -0.25) is 10.1 Å². The summed E-state index contributed by atoms with van der Waals surface area (Å²) in [5.41, 5.74) is 5.27. The first-order chi connectivity index (χ1) is 15.3. The maximum Gasteiger partial charge on any atom is 0.414 e. The van der Waals surface area contributed by atoms with Crippen molar-refractivity contribution in [2.75, 3.05) is 6.54 Å². The molecule has 1 aromatic carbocycles. The first kappa shape index (κ1) is 21.3. The molecule has 0 fully saturated rings. The number of rotatable bonds is 6. The van der Waals surface area contributed by atoms with Crippen molar-refractivity contribution in [1.82, 2.24) is 20.5 Å². The maximum absolute atomic E-state index is 12.7. The second-order valence-corrected chi connectivity index (χ2v) is 7.11. The molecule has 1 unspecified atom stereocenters. The lowest BCUT2D eigenvalue weighted by molar-refractivity contribution is -0.0933. The van der Waals surface area contributed by atoms with Gasteiger partial charge in [0, 0.05) is 19.2 Å². The monoisotopic (exact) mass is 444 g/mol. The van der Waals surface area contributed by atoms with Crippen LogP contribution in [0.1, 0.15) is 28.6 Å². The van der Waals surface area contributed by atoms with Gasteiger partial charge in [0.15, 0.2) is 5.88 Å². The Labute approximate surface area is 181 Å². The number of hydrogen-bond donors (Lipinski definition) is 2. The van der Waals surface area contributed by atoms with Crippen LogP contribution in [0.15, 0.2) is 59.2 Å². The Balaban J connectivity index is 1.41. The number of benzene rings is 1. The average molecular weight is 444 g/mol. The Morgan fingerprint density at radius 1 is 1.28 bits per heavy atom. The molecule has 166 valence electrons. The van der Waals surface area contributed by atoms with Gasteiger partial charge in [-0.25, -0.2) is 0 Å². The number of hydrazone groups is 1. The van der Waals surface area contributed by atoms with Gasteiger partial charge in [-0.15, -0.1) is 5.10 Å². The summed E-state index contributed by atoms with van der Waals surface area (Å²) in [6, 6.07) is 9.43. The van der Waals surface area contributed by atoms with Crippen molar-refractivity contribution in [2.45, 2.75) is 25.4 Å². The summed E-state index contributed by atoms with van der Waals surface area (Å²) >= 11 is 0. The van der Waals surface area contributed by atoms with Crippen molar-refractivity contribution in [3.63, 3.8) is 0 Å². The van der Waals surface area contributed by atoms with Crippen LogP contribution in [0.5, 0.6) is 0 Å². The molecule has 0 bridgehead atoms. The van der Waals surface area contributed by atoms with Crippen LogP contribution < -0.4 is 10.7 Å². The fourth-order valence-corrected chi connectivity index (χ4v) is 3.20. The number of ether oxygens (including phenoxy) is 2. The Bertz CT molecular complexity index is 1130. The van der Waals surface area contributed by atoms with E-state index in [1.54, 1.807) is 17.9 Å². The molecule has 11 heteroatoms. The highest BCUT2D eigenvalue weighted by Gasteiger charge is 2.34. The lowest BCUT2D eigenvalue weighted by atomic mass is 10.1. The Kier molecular flexibility index (Phi) is 5.77. The van der Waals surface area contributed by atoms with Gasteiger partial charge in [-0.2, -0.15) is 23.5 Å². The molecule has 4 rings (SSSR count). The number of aromatic nitrogens is 2. The molecule has 0 aliphatic carbocycles. The fourth-order valence-electron chi connectivity index (χ4n) is 3.20. The van der Waals surface area contributed by atoms with Gasteiger partial charge >= 0.3 is 6.18 Å². The summed E-state index contributed by atoms with van der Waals surface area (Å²) in [4.78, 5) is 0. The van der Waals surface area contributed by atoms with Gasteiger partial charge in [0.1, 0.15) is 6.61 Å². The SMILES string of the molecule is Cn1ncc(C2NN=C(c3ccc(CC#N)cc3)O2)c1COC1=CC=C(C(F)(F)F)CN1. The summed E-state index contributed by atoms with van der Waals surface area (Å²) in [5.74, 6) is 0.635.